The zero-order chi connectivity index (χ0) is 20.3. The van der Waals surface area contributed by atoms with Crippen molar-refractivity contribution in [3.8, 4) is 11.4 Å². The topological polar surface area (TPSA) is 77.0 Å². The van der Waals surface area contributed by atoms with E-state index in [0.717, 1.165) is 17.3 Å². The predicted octanol–water partition coefficient (Wildman–Crippen LogP) is 3.86. The van der Waals surface area contributed by atoms with E-state index in [9.17, 15) is 9.18 Å². The second-order valence-corrected chi connectivity index (χ2v) is 7.75. The normalized spacial score (nSPS) is 10.9. The van der Waals surface area contributed by atoms with E-state index in [1.807, 2.05) is 0 Å². The fourth-order valence-electron chi connectivity index (χ4n) is 2.42. The summed E-state index contributed by atoms with van der Waals surface area (Å²) >= 11 is 13.3. The summed E-state index contributed by atoms with van der Waals surface area (Å²) in [6.45, 7) is 0.376. The molecule has 0 saturated heterocycles. The SMILES string of the molecule is CN(Cc1ccc(F)cc1)C(=O)CSc1nnc(-c2ccc(Cl)cc2Cl)n1N. The highest BCUT2D eigenvalue weighted by atomic mass is 35.5. The van der Waals surface area contributed by atoms with Gasteiger partial charge >= 0.3 is 0 Å². The molecule has 6 nitrogen and oxygen atoms in total. The molecule has 3 aromatic rings. The van der Waals surface area contributed by atoms with Crippen LogP contribution in [0.2, 0.25) is 10.0 Å². The molecule has 10 heteroatoms. The Morgan fingerprint density at radius 1 is 1.21 bits per heavy atom. The van der Waals surface area contributed by atoms with Crippen LogP contribution in [0.1, 0.15) is 5.56 Å². The molecule has 0 saturated carbocycles. The van der Waals surface area contributed by atoms with Crippen molar-refractivity contribution in [2.75, 3.05) is 18.6 Å². The summed E-state index contributed by atoms with van der Waals surface area (Å²) in [6, 6.07) is 11.0. The second-order valence-electron chi connectivity index (χ2n) is 5.97. The first-order valence-electron chi connectivity index (χ1n) is 8.12. The van der Waals surface area contributed by atoms with Gasteiger partial charge in [-0.1, -0.05) is 47.1 Å². The summed E-state index contributed by atoms with van der Waals surface area (Å²) in [5.41, 5.74) is 1.43. The minimum Gasteiger partial charge on any atom is -0.341 e. The first-order valence-corrected chi connectivity index (χ1v) is 9.86. The number of benzene rings is 2. The van der Waals surface area contributed by atoms with E-state index in [0.29, 0.717) is 33.1 Å². The van der Waals surface area contributed by atoms with Crippen molar-refractivity contribution in [2.24, 2.45) is 0 Å². The Morgan fingerprint density at radius 2 is 1.93 bits per heavy atom. The van der Waals surface area contributed by atoms with Crippen LogP contribution in [0.3, 0.4) is 0 Å². The van der Waals surface area contributed by atoms with Gasteiger partial charge in [0, 0.05) is 24.2 Å². The number of carbonyl (C=O) groups excluding carboxylic acids is 1. The van der Waals surface area contributed by atoms with Gasteiger partial charge in [-0.2, -0.15) is 0 Å². The van der Waals surface area contributed by atoms with Crippen molar-refractivity contribution < 1.29 is 9.18 Å². The zero-order valence-electron chi connectivity index (χ0n) is 14.8. The second kappa shape index (κ2) is 8.81. The standard InChI is InChI=1S/C18H16Cl2FN5OS/c1-25(9-11-2-5-13(21)6-3-11)16(27)10-28-18-24-23-17(26(18)22)14-7-4-12(19)8-15(14)20/h2-8H,9-10,22H2,1H3. The maximum atomic E-state index is 13.0. The van der Waals surface area contributed by atoms with E-state index >= 15 is 0 Å². The molecule has 146 valence electrons. The molecule has 0 aliphatic carbocycles. The summed E-state index contributed by atoms with van der Waals surface area (Å²) in [6.07, 6.45) is 0. The van der Waals surface area contributed by atoms with Crippen LogP contribution >= 0.6 is 35.0 Å². The Kier molecular flexibility index (Phi) is 6.43. The lowest BCUT2D eigenvalue weighted by atomic mass is 10.2. The number of carbonyl (C=O) groups is 1. The molecule has 28 heavy (non-hydrogen) atoms. The third kappa shape index (κ3) is 4.76. The summed E-state index contributed by atoms with van der Waals surface area (Å²) in [7, 11) is 1.68. The van der Waals surface area contributed by atoms with Crippen LogP contribution in [0.4, 0.5) is 4.39 Å². The van der Waals surface area contributed by atoms with Gasteiger partial charge in [0.05, 0.1) is 10.8 Å². The van der Waals surface area contributed by atoms with E-state index in [1.165, 1.54) is 16.8 Å². The lowest BCUT2D eigenvalue weighted by Crippen LogP contribution is -2.28. The minimum absolute atomic E-state index is 0.122. The molecule has 1 heterocycles. The van der Waals surface area contributed by atoms with Crippen LogP contribution in [0.25, 0.3) is 11.4 Å². The number of nitrogens with zero attached hydrogens (tertiary/aromatic N) is 4. The highest BCUT2D eigenvalue weighted by Crippen LogP contribution is 2.30. The van der Waals surface area contributed by atoms with E-state index < -0.39 is 0 Å². The van der Waals surface area contributed by atoms with Gasteiger partial charge in [-0.15, -0.1) is 10.2 Å². The van der Waals surface area contributed by atoms with Crippen molar-refractivity contribution in [1.29, 1.82) is 0 Å². The van der Waals surface area contributed by atoms with Crippen LogP contribution in [0.5, 0.6) is 0 Å². The first-order chi connectivity index (χ1) is 13.3. The molecule has 0 aliphatic heterocycles. The molecule has 3 rings (SSSR count). The number of halogens is 3. The van der Waals surface area contributed by atoms with Crippen molar-refractivity contribution in [2.45, 2.75) is 11.7 Å². The summed E-state index contributed by atoms with van der Waals surface area (Å²) in [4.78, 5) is 13.9. The molecule has 0 spiro atoms. The first kappa shape index (κ1) is 20.4. The highest BCUT2D eigenvalue weighted by Gasteiger charge is 2.17. The molecule has 0 atom stereocenters. The average molecular weight is 440 g/mol. The van der Waals surface area contributed by atoms with Crippen LogP contribution in [-0.4, -0.2) is 38.5 Å². The third-order valence-electron chi connectivity index (χ3n) is 3.92. The van der Waals surface area contributed by atoms with Gasteiger partial charge in [0.25, 0.3) is 0 Å². The van der Waals surface area contributed by atoms with Crippen molar-refractivity contribution in [1.82, 2.24) is 19.8 Å². The van der Waals surface area contributed by atoms with Gasteiger partial charge in [-0.3, -0.25) is 4.79 Å². The average Bonchev–Trinajstić information content (AvgIpc) is 3.02. The van der Waals surface area contributed by atoms with Gasteiger partial charge in [0.15, 0.2) is 5.82 Å². The smallest absolute Gasteiger partial charge is 0.233 e. The summed E-state index contributed by atoms with van der Waals surface area (Å²) in [5, 5.41) is 9.36. The number of amides is 1. The minimum atomic E-state index is -0.313. The Morgan fingerprint density at radius 3 is 2.61 bits per heavy atom. The van der Waals surface area contributed by atoms with Crippen LogP contribution in [0.15, 0.2) is 47.6 Å². The fourth-order valence-corrected chi connectivity index (χ4v) is 3.71. The van der Waals surface area contributed by atoms with Gasteiger partial charge in [-0.25, -0.2) is 9.07 Å². The third-order valence-corrected chi connectivity index (χ3v) is 5.40. The van der Waals surface area contributed by atoms with E-state index in [1.54, 1.807) is 42.3 Å². The lowest BCUT2D eigenvalue weighted by molar-refractivity contribution is -0.127. The largest absolute Gasteiger partial charge is 0.341 e. The molecule has 2 aromatic carbocycles. The molecule has 0 unspecified atom stereocenters. The quantitative estimate of drug-likeness (QED) is 0.466. The van der Waals surface area contributed by atoms with Crippen molar-refractivity contribution >= 4 is 40.9 Å². The molecular formula is C18H16Cl2FN5OS. The number of thioether (sulfide) groups is 1. The maximum Gasteiger partial charge on any atom is 0.233 e. The molecule has 0 radical (unpaired) electrons. The Balaban J connectivity index is 1.63. The summed E-state index contributed by atoms with van der Waals surface area (Å²) < 4.78 is 14.3. The summed E-state index contributed by atoms with van der Waals surface area (Å²) in [5.74, 6) is 6.12. The monoisotopic (exact) mass is 439 g/mol. The maximum absolute atomic E-state index is 13.0. The molecule has 0 fully saturated rings. The number of hydrogen-bond acceptors (Lipinski definition) is 5. The molecule has 0 aliphatic rings. The fraction of sp³-hybridized carbons (Fsp3) is 0.167. The molecule has 0 bridgehead atoms. The van der Waals surface area contributed by atoms with Crippen molar-refractivity contribution in [3.05, 3.63) is 63.9 Å². The molecular weight excluding hydrogens is 424 g/mol. The van der Waals surface area contributed by atoms with Gasteiger partial charge in [0.1, 0.15) is 5.82 Å². The lowest BCUT2D eigenvalue weighted by Gasteiger charge is -2.17. The van der Waals surface area contributed by atoms with Crippen LogP contribution in [-0.2, 0) is 11.3 Å². The van der Waals surface area contributed by atoms with E-state index in [2.05, 4.69) is 10.2 Å². The van der Waals surface area contributed by atoms with Crippen LogP contribution in [0, 0.1) is 5.82 Å². The van der Waals surface area contributed by atoms with Gasteiger partial charge < -0.3 is 10.7 Å². The predicted molar refractivity (Wildman–Crippen MR) is 109 cm³/mol. The Bertz CT molecular complexity index is 996. The van der Waals surface area contributed by atoms with Gasteiger partial charge in [0.2, 0.25) is 11.1 Å². The molecule has 2 N–H and O–H groups in total. The highest BCUT2D eigenvalue weighted by molar-refractivity contribution is 7.99. The number of aromatic nitrogens is 3. The number of nitrogens with two attached hydrogens (primary N) is 1. The number of nitrogen functional groups attached to an aromatic ring is 1. The van der Waals surface area contributed by atoms with E-state index in [-0.39, 0.29) is 17.5 Å². The van der Waals surface area contributed by atoms with E-state index in [4.69, 9.17) is 29.0 Å². The Labute approximate surface area is 175 Å². The van der Waals surface area contributed by atoms with Crippen LogP contribution < -0.4 is 5.84 Å². The molecule has 1 amide bonds. The van der Waals surface area contributed by atoms with Gasteiger partial charge in [-0.05, 0) is 35.9 Å². The number of rotatable bonds is 6. The zero-order valence-corrected chi connectivity index (χ0v) is 17.1. The van der Waals surface area contributed by atoms with Crippen molar-refractivity contribution in [3.63, 3.8) is 0 Å². The molecule has 1 aromatic heterocycles. The Hall–Kier alpha value is -2.29. The number of hydrogen-bond donors (Lipinski definition) is 1.